The summed E-state index contributed by atoms with van der Waals surface area (Å²) in [5, 5.41) is 0. The Morgan fingerprint density at radius 2 is 2.38 bits per heavy atom. The summed E-state index contributed by atoms with van der Waals surface area (Å²) in [5.74, 6) is 4.30. The van der Waals surface area contributed by atoms with Gasteiger partial charge in [0.1, 0.15) is 5.92 Å². The normalized spacial score (nSPS) is 31.8. The number of rotatable bonds is 2. The highest BCUT2D eigenvalue weighted by molar-refractivity contribution is 9.10. The van der Waals surface area contributed by atoms with Gasteiger partial charge in [0.2, 0.25) is 5.91 Å². The van der Waals surface area contributed by atoms with E-state index in [1.165, 1.54) is 7.11 Å². The number of nitrogens with two attached hydrogens (primary N) is 1. The molecule has 0 spiro atoms. The molecule has 4 nitrogen and oxygen atoms in total. The number of hydrogen-bond acceptors (Lipinski definition) is 3. The van der Waals surface area contributed by atoms with Gasteiger partial charge in [0.15, 0.2) is 4.51 Å². The van der Waals surface area contributed by atoms with Crippen molar-refractivity contribution >= 4 is 21.8 Å². The summed E-state index contributed by atoms with van der Waals surface area (Å²) < 4.78 is 4.39. The van der Waals surface area contributed by atoms with Gasteiger partial charge in [-0.15, -0.1) is 0 Å². The van der Waals surface area contributed by atoms with Crippen LogP contribution in [0.15, 0.2) is 24.3 Å². The average Bonchev–Trinajstić information content (AvgIpc) is 2.17. The maximum Gasteiger partial charge on any atom is 0.245 e. The molecule has 1 aliphatic rings. The van der Waals surface area contributed by atoms with Crippen LogP contribution in [0.25, 0.3) is 0 Å². The number of allylic oxidation sites excluding steroid dienone is 2. The number of nitrogens with one attached hydrogen (secondary N) is 1. The van der Waals surface area contributed by atoms with Crippen LogP contribution in [0.3, 0.4) is 0 Å². The summed E-state index contributed by atoms with van der Waals surface area (Å²) in [4.78, 5) is 11.3. The van der Waals surface area contributed by atoms with Gasteiger partial charge in [0, 0.05) is 7.11 Å². The molecule has 0 aromatic carbocycles. The Labute approximate surface area is 84.9 Å². The number of halogens is 1. The van der Waals surface area contributed by atoms with Gasteiger partial charge in [-0.05, 0) is 22.0 Å². The third-order valence-corrected chi connectivity index (χ3v) is 2.98. The van der Waals surface area contributed by atoms with E-state index in [4.69, 9.17) is 10.6 Å². The van der Waals surface area contributed by atoms with Gasteiger partial charge in [-0.1, -0.05) is 18.2 Å². The van der Waals surface area contributed by atoms with Gasteiger partial charge in [-0.3, -0.25) is 10.2 Å². The minimum absolute atomic E-state index is 0.292. The van der Waals surface area contributed by atoms with Gasteiger partial charge in [-0.2, -0.15) is 0 Å². The maximum absolute atomic E-state index is 11.3. The summed E-state index contributed by atoms with van der Waals surface area (Å²) in [7, 11) is 1.52. The van der Waals surface area contributed by atoms with Crippen molar-refractivity contribution in [3.05, 3.63) is 24.3 Å². The van der Waals surface area contributed by atoms with Crippen molar-refractivity contribution in [2.24, 2.45) is 11.8 Å². The SMILES string of the molecule is COC1(Br)C=CC=CC1C(=O)NN. The zero-order chi connectivity index (χ0) is 9.90. The molecular formula is C8H11BrN2O2. The fourth-order valence-electron chi connectivity index (χ4n) is 1.15. The minimum Gasteiger partial charge on any atom is -0.362 e. The minimum atomic E-state index is -0.787. The topological polar surface area (TPSA) is 64.3 Å². The van der Waals surface area contributed by atoms with Crippen LogP contribution in [0.5, 0.6) is 0 Å². The molecule has 2 atom stereocenters. The second-order valence-corrected chi connectivity index (χ2v) is 3.87. The lowest BCUT2D eigenvalue weighted by Crippen LogP contribution is -2.45. The van der Waals surface area contributed by atoms with Crippen molar-refractivity contribution < 1.29 is 9.53 Å². The molecule has 2 unspecified atom stereocenters. The zero-order valence-electron chi connectivity index (χ0n) is 7.16. The van der Waals surface area contributed by atoms with E-state index in [1.807, 2.05) is 0 Å². The molecule has 5 heteroatoms. The van der Waals surface area contributed by atoms with Gasteiger partial charge in [0.25, 0.3) is 0 Å². The Hall–Kier alpha value is -0.650. The molecule has 1 rings (SSSR count). The first-order valence-corrected chi connectivity index (χ1v) is 4.54. The first kappa shape index (κ1) is 10.4. The summed E-state index contributed by atoms with van der Waals surface area (Å²) in [5.41, 5.74) is 2.09. The molecule has 13 heavy (non-hydrogen) atoms. The van der Waals surface area contributed by atoms with Gasteiger partial charge in [-0.25, -0.2) is 5.84 Å². The number of hydrazine groups is 1. The Kier molecular flexibility index (Phi) is 3.24. The molecule has 0 saturated heterocycles. The van der Waals surface area contributed by atoms with Crippen LogP contribution in [0.4, 0.5) is 0 Å². The molecule has 0 saturated carbocycles. The van der Waals surface area contributed by atoms with Crippen molar-refractivity contribution in [3.8, 4) is 0 Å². The second kappa shape index (κ2) is 4.04. The number of methoxy groups -OCH3 is 1. The molecule has 1 amide bonds. The highest BCUT2D eigenvalue weighted by Crippen LogP contribution is 2.33. The predicted molar refractivity (Wildman–Crippen MR) is 52.8 cm³/mol. The molecule has 3 N–H and O–H groups in total. The third-order valence-electron chi connectivity index (χ3n) is 1.90. The lowest BCUT2D eigenvalue weighted by Gasteiger charge is -2.30. The molecular weight excluding hydrogens is 236 g/mol. The standard InChI is InChI=1S/C8H11BrN2O2/c1-13-8(9)5-3-2-4-6(8)7(12)11-10/h2-6H,10H2,1H3,(H,11,12). The quantitative estimate of drug-likeness (QED) is 0.322. The van der Waals surface area contributed by atoms with Crippen LogP contribution in [-0.2, 0) is 9.53 Å². The highest BCUT2D eigenvalue weighted by Gasteiger charge is 2.38. The zero-order valence-corrected chi connectivity index (χ0v) is 8.74. The smallest absolute Gasteiger partial charge is 0.245 e. The van der Waals surface area contributed by atoms with E-state index >= 15 is 0 Å². The number of alkyl halides is 1. The lowest BCUT2D eigenvalue weighted by atomic mass is 9.97. The van der Waals surface area contributed by atoms with Gasteiger partial charge >= 0.3 is 0 Å². The Bertz CT molecular complexity index is 265. The van der Waals surface area contributed by atoms with Crippen LogP contribution < -0.4 is 11.3 Å². The molecule has 0 heterocycles. The number of carbonyl (C=O) groups is 1. The summed E-state index contributed by atoms with van der Waals surface area (Å²) in [6, 6.07) is 0. The first-order chi connectivity index (χ1) is 6.14. The molecule has 0 aliphatic heterocycles. The first-order valence-electron chi connectivity index (χ1n) is 3.74. The number of carbonyl (C=O) groups excluding carboxylic acids is 1. The van der Waals surface area contributed by atoms with Crippen molar-refractivity contribution in [1.82, 2.24) is 5.43 Å². The Morgan fingerprint density at radius 1 is 1.69 bits per heavy atom. The van der Waals surface area contributed by atoms with Crippen molar-refractivity contribution in [2.75, 3.05) is 7.11 Å². The van der Waals surface area contributed by atoms with Crippen LogP contribution in [0.2, 0.25) is 0 Å². The summed E-state index contributed by atoms with van der Waals surface area (Å²) in [6.45, 7) is 0. The van der Waals surface area contributed by atoms with Crippen molar-refractivity contribution in [2.45, 2.75) is 4.51 Å². The fourth-order valence-corrected chi connectivity index (χ4v) is 1.66. The van der Waals surface area contributed by atoms with Gasteiger partial charge in [0.05, 0.1) is 0 Å². The molecule has 72 valence electrons. The van der Waals surface area contributed by atoms with E-state index in [9.17, 15) is 4.79 Å². The predicted octanol–water partition coefficient (Wildman–Crippen LogP) is 0.456. The molecule has 0 aromatic heterocycles. The largest absolute Gasteiger partial charge is 0.362 e. The van der Waals surface area contributed by atoms with Crippen molar-refractivity contribution in [3.63, 3.8) is 0 Å². The van der Waals surface area contributed by atoms with Gasteiger partial charge < -0.3 is 4.74 Å². The molecule has 1 aliphatic carbocycles. The van der Waals surface area contributed by atoms with Crippen LogP contribution in [0.1, 0.15) is 0 Å². The van der Waals surface area contributed by atoms with Crippen LogP contribution >= 0.6 is 15.9 Å². The fraction of sp³-hybridized carbons (Fsp3) is 0.375. The van der Waals surface area contributed by atoms with E-state index in [0.717, 1.165) is 0 Å². The average molecular weight is 247 g/mol. The monoisotopic (exact) mass is 246 g/mol. The van der Waals surface area contributed by atoms with Crippen LogP contribution in [0, 0.1) is 5.92 Å². The maximum atomic E-state index is 11.3. The Morgan fingerprint density at radius 3 is 2.92 bits per heavy atom. The van der Waals surface area contributed by atoms with E-state index in [2.05, 4.69) is 21.4 Å². The number of ether oxygens (including phenoxy) is 1. The molecule has 0 fully saturated rings. The second-order valence-electron chi connectivity index (χ2n) is 2.63. The van der Waals surface area contributed by atoms with E-state index in [0.29, 0.717) is 0 Å². The van der Waals surface area contributed by atoms with E-state index < -0.39 is 10.4 Å². The molecule has 0 radical (unpaired) electrons. The third kappa shape index (κ3) is 1.99. The van der Waals surface area contributed by atoms with E-state index in [1.54, 1.807) is 24.3 Å². The summed E-state index contributed by atoms with van der Waals surface area (Å²) in [6.07, 6.45) is 7.06. The van der Waals surface area contributed by atoms with Crippen molar-refractivity contribution in [1.29, 1.82) is 0 Å². The molecule has 0 aromatic rings. The number of amides is 1. The van der Waals surface area contributed by atoms with Crippen LogP contribution in [-0.4, -0.2) is 17.5 Å². The van der Waals surface area contributed by atoms with E-state index in [-0.39, 0.29) is 5.91 Å². The Balaban J connectivity index is 2.88. The highest BCUT2D eigenvalue weighted by atomic mass is 79.9. The molecule has 0 bridgehead atoms. The number of hydrogen-bond donors (Lipinski definition) is 2. The summed E-state index contributed by atoms with van der Waals surface area (Å²) >= 11 is 3.33. The lowest BCUT2D eigenvalue weighted by molar-refractivity contribution is -0.127.